The van der Waals surface area contributed by atoms with Crippen LogP contribution < -0.4 is 14.8 Å². The fourth-order valence-electron chi connectivity index (χ4n) is 2.87. The molecule has 0 aromatic heterocycles. The van der Waals surface area contributed by atoms with E-state index in [0.29, 0.717) is 16.8 Å². The normalized spacial score (nSPS) is 16.6. The lowest BCUT2D eigenvalue weighted by Gasteiger charge is -2.17. The van der Waals surface area contributed by atoms with Crippen LogP contribution in [0.25, 0.3) is 5.70 Å². The molecule has 2 aliphatic heterocycles. The van der Waals surface area contributed by atoms with Gasteiger partial charge in [-0.1, -0.05) is 24.8 Å². The Kier molecular flexibility index (Phi) is 3.43. The maximum atomic E-state index is 13.0. The molecule has 0 radical (unpaired) electrons. The van der Waals surface area contributed by atoms with Crippen molar-refractivity contribution in [3.05, 3.63) is 60.2 Å². The molecule has 0 bridgehead atoms. The van der Waals surface area contributed by atoms with Gasteiger partial charge in [0.2, 0.25) is 5.91 Å². The molecule has 8 heteroatoms. The van der Waals surface area contributed by atoms with Crippen molar-refractivity contribution in [3.8, 4) is 11.5 Å². The highest BCUT2D eigenvalue weighted by atomic mass is 19.3. The monoisotopic (exact) mass is 358 g/mol. The van der Waals surface area contributed by atoms with Crippen molar-refractivity contribution in [2.75, 3.05) is 11.9 Å². The van der Waals surface area contributed by atoms with Crippen LogP contribution in [0.5, 0.6) is 11.5 Å². The van der Waals surface area contributed by atoms with Crippen molar-refractivity contribution in [1.82, 2.24) is 4.90 Å². The zero-order valence-corrected chi connectivity index (χ0v) is 13.3. The number of fused-ring (bicyclic) bond motifs is 2. The van der Waals surface area contributed by atoms with Gasteiger partial charge in [-0.05, 0) is 18.2 Å². The lowest BCUT2D eigenvalue weighted by atomic mass is 10.1. The lowest BCUT2D eigenvalue weighted by Crippen LogP contribution is -2.32. The Bertz CT molecular complexity index is 923. The Labute approximate surface area is 146 Å². The molecule has 6 nitrogen and oxygen atoms in total. The topological polar surface area (TPSA) is 67.9 Å². The van der Waals surface area contributed by atoms with E-state index in [1.165, 1.54) is 23.1 Å². The van der Waals surface area contributed by atoms with Crippen molar-refractivity contribution in [2.45, 2.75) is 6.29 Å². The van der Waals surface area contributed by atoms with Gasteiger partial charge in [0.1, 0.15) is 6.54 Å². The second kappa shape index (κ2) is 5.55. The molecule has 1 N–H and O–H groups in total. The van der Waals surface area contributed by atoms with Crippen LogP contribution in [0, 0.1) is 0 Å². The van der Waals surface area contributed by atoms with E-state index in [0.717, 1.165) is 0 Å². The number of ether oxygens (including phenoxy) is 2. The first kappa shape index (κ1) is 16.1. The summed E-state index contributed by atoms with van der Waals surface area (Å²) in [5.74, 6) is -1.11. The molecule has 2 heterocycles. The van der Waals surface area contributed by atoms with Gasteiger partial charge in [-0.3, -0.25) is 14.5 Å². The number of hydrogen-bond donors (Lipinski definition) is 1. The molecule has 4 rings (SSSR count). The minimum absolute atomic E-state index is 0.119. The van der Waals surface area contributed by atoms with Gasteiger partial charge in [0.05, 0.1) is 0 Å². The van der Waals surface area contributed by atoms with Gasteiger partial charge in [-0.25, -0.2) is 0 Å². The highest BCUT2D eigenvalue weighted by Gasteiger charge is 2.43. The molecule has 2 aliphatic rings. The number of alkyl halides is 2. The fourth-order valence-corrected chi connectivity index (χ4v) is 2.87. The largest absolute Gasteiger partial charge is 0.586 e. The molecule has 2 aromatic carbocycles. The van der Waals surface area contributed by atoms with Gasteiger partial charge < -0.3 is 14.8 Å². The summed E-state index contributed by atoms with van der Waals surface area (Å²) in [6, 6.07) is 10.8. The van der Waals surface area contributed by atoms with Gasteiger partial charge in [-0.15, -0.1) is 8.78 Å². The molecule has 0 aliphatic carbocycles. The third-order valence-electron chi connectivity index (χ3n) is 4.03. The van der Waals surface area contributed by atoms with Crippen LogP contribution in [0.2, 0.25) is 0 Å². The number of carbonyl (C=O) groups is 2. The van der Waals surface area contributed by atoms with Gasteiger partial charge >= 0.3 is 6.29 Å². The Morgan fingerprint density at radius 2 is 1.81 bits per heavy atom. The van der Waals surface area contributed by atoms with E-state index >= 15 is 0 Å². The first-order valence-corrected chi connectivity index (χ1v) is 7.64. The summed E-state index contributed by atoms with van der Waals surface area (Å²) in [6.45, 7) is 3.60. The zero-order chi connectivity index (χ0) is 18.5. The SMILES string of the molecule is C=C1c2ccccc2C(=O)N1CC(=O)Nc1ccc2c(c1)OC(F)(F)O2. The number of rotatable bonds is 3. The Balaban J connectivity index is 1.46. The second-order valence-electron chi connectivity index (χ2n) is 5.76. The molecule has 132 valence electrons. The van der Waals surface area contributed by atoms with Crippen molar-refractivity contribution in [1.29, 1.82) is 0 Å². The minimum atomic E-state index is -3.73. The Hall–Kier alpha value is -3.42. The summed E-state index contributed by atoms with van der Waals surface area (Å²) in [5, 5.41) is 2.54. The van der Waals surface area contributed by atoms with Crippen LogP contribution in [0.15, 0.2) is 49.0 Å². The highest BCUT2D eigenvalue weighted by molar-refractivity contribution is 6.11. The molecular formula is C18H12F2N2O4. The van der Waals surface area contributed by atoms with Gasteiger partial charge in [-0.2, -0.15) is 0 Å². The smallest absolute Gasteiger partial charge is 0.395 e. The first-order valence-electron chi connectivity index (χ1n) is 7.64. The van der Waals surface area contributed by atoms with Crippen molar-refractivity contribution in [2.24, 2.45) is 0 Å². The van der Waals surface area contributed by atoms with Crippen molar-refractivity contribution < 1.29 is 27.8 Å². The van der Waals surface area contributed by atoms with Crippen LogP contribution >= 0.6 is 0 Å². The summed E-state index contributed by atoms with van der Waals surface area (Å²) >= 11 is 0. The summed E-state index contributed by atoms with van der Waals surface area (Å²) in [5.41, 5.74) is 1.84. The number of hydrogen-bond acceptors (Lipinski definition) is 4. The van der Waals surface area contributed by atoms with E-state index in [1.54, 1.807) is 24.3 Å². The van der Waals surface area contributed by atoms with E-state index in [2.05, 4.69) is 21.4 Å². The van der Waals surface area contributed by atoms with Gasteiger partial charge in [0.25, 0.3) is 5.91 Å². The van der Waals surface area contributed by atoms with E-state index < -0.39 is 12.2 Å². The second-order valence-corrected chi connectivity index (χ2v) is 5.76. The van der Waals surface area contributed by atoms with Crippen LogP contribution in [0.4, 0.5) is 14.5 Å². The van der Waals surface area contributed by atoms with Crippen molar-refractivity contribution in [3.63, 3.8) is 0 Å². The maximum Gasteiger partial charge on any atom is 0.586 e. The molecule has 26 heavy (non-hydrogen) atoms. The highest BCUT2D eigenvalue weighted by Crippen LogP contribution is 2.42. The first-order chi connectivity index (χ1) is 12.3. The third kappa shape index (κ3) is 2.65. The Morgan fingerprint density at radius 1 is 1.12 bits per heavy atom. The molecule has 0 atom stereocenters. The summed E-state index contributed by atoms with van der Waals surface area (Å²) in [7, 11) is 0. The number of anilines is 1. The molecule has 0 saturated heterocycles. The van der Waals surface area contributed by atoms with Gasteiger partial charge in [0, 0.05) is 28.6 Å². The standard InChI is InChI=1S/C18H12F2N2O4/c1-10-12-4-2-3-5-13(12)17(24)22(10)9-16(23)21-11-6-7-14-15(8-11)26-18(19,20)25-14/h2-8H,1,9H2,(H,21,23). The third-order valence-corrected chi connectivity index (χ3v) is 4.03. The number of nitrogens with zero attached hydrogens (tertiary/aromatic N) is 1. The average molecular weight is 358 g/mol. The van der Waals surface area contributed by atoms with Crippen molar-refractivity contribution >= 4 is 23.2 Å². The Morgan fingerprint density at radius 3 is 2.54 bits per heavy atom. The van der Waals surface area contributed by atoms with Crippen LogP contribution in [0.3, 0.4) is 0 Å². The van der Waals surface area contributed by atoms with Crippen LogP contribution in [-0.4, -0.2) is 29.6 Å². The van der Waals surface area contributed by atoms with Gasteiger partial charge in [0.15, 0.2) is 11.5 Å². The quantitative estimate of drug-likeness (QED) is 0.916. The summed E-state index contributed by atoms with van der Waals surface area (Å²) < 4.78 is 34.7. The number of benzene rings is 2. The minimum Gasteiger partial charge on any atom is -0.395 e. The maximum absolute atomic E-state index is 13.0. The zero-order valence-electron chi connectivity index (χ0n) is 13.3. The summed E-state index contributed by atoms with van der Waals surface area (Å²) in [6.07, 6.45) is -3.73. The molecule has 0 spiro atoms. The van der Waals surface area contributed by atoms with E-state index in [1.807, 2.05) is 0 Å². The predicted octanol–water partition coefficient (Wildman–Crippen LogP) is 3.07. The molecule has 0 saturated carbocycles. The molecule has 0 fully saturated rings. The number of halogens is 2. The lowest BCUT2D eigenvalue weighted by molar-refractivity contribution is -0.286. The van der Waals surface area contributed by atoms with E-state index in [4.69, 9.17) is 0 Å². The van der Waals surface area contributed by atoms with E-state index in [9.17, 15) is 18.4 Å². The predicted molar refractivity (Wildman–Crippen MR) is 87.8 cm³/mol. The fraction of sp³-hybridized carbons (Fsp3) is 0.111. The number of amides is 2. The van der Waals surface area contributed by atoms with Crippen LogP contribution in [0.1, 0.15) is 15.9 Å². The average Bonchev–Trinajstić information content (AvgIpc) is 3.02. The van der Waals surface area contributed by atoms with Crippen LogP contribution in [-0.2, 0) is 4.79 Å². The van der Waals surface area contributed by atoms with E-state index in [-0.39, 0.29) is 29.6 Å². The molecular weight excluding hydrogens is 346 g/mol. The molecule has 2 amide bonds. The molecule has 2 aromatic rings. The number of nitrogens with one attached hydrogen (secondary N) is 1. The molecule has 0 unspecified atom stereocenters. The summed E-state index contributed by atoms with van der Waals surface area (Å²) in [4.78, 5) is 25.9. The number of carbonyl (C=O) groups excluding carboxylic acids is 2.